The fourth-order valence-electron chi connectivity index (χ4n) is 2.70. The minimum Gasteiger partial charge on any atom is -0.493 e. The monoisotopic (exact) mass is 376 g/mol. The van der Waals surface area contributed by atoms with Crippen LogP contribution in [0.5, 0.6) is 5.88 Å². The molecule has 0 fully saturated rings. The Morgan fingerprint density at radius 2 is 1.72 bits per heavy atom. The van der Waals surface area contributed by atoms with Crippen LogP contribution in [0, 0.1) is 0 Å². The third-order valence-corrected chi connectivity index (χ3v) is 4.36. The molecule has 0 aliphatic heterocycles. The molecule has 3 aromatic rings. The van der Waals surface area contributed by atoms with E-state index >= 15 is 0 Å². The number of benzene rings is 2. The number of carboxylic acid groups (broad SMARTS) is 1. The van der Waals surface area contributed by atoms with Gasteiger partial charge in [-0.25, -0.2) is 4.98 Å². The molecule has 0 radical (unpaired) electrons. The quantitative estimate of drug-likeness (QED) is 0.687. The van der Waals surface area contributed by atoms with Crippen molar-refractivity contribution in [3.63, 3.8) is 0 Å². The van der Waals surface area contributed by atoms with Crippen LogP contribution in [0.1, 0.15) is 23.7 Å². The van der Waals surface area contributed by atoms with E-state index in [0.717, 1.165) is 5.56 Å². The summed E-state index contributed by atoms with van der Waals surface area (Å²) in [6.07, 6.45) is 0.199. The van der Waals surface area contributed by atoms with Crippen LogP contribution < -0.4 is 0 Å². The number of aromatic hydroxyl groups is 1. The zero-order chi connectivity index (χ0) is 18.0. The number of rotatable bonds is 5. The molecule has 2 aromatic carbocycles. The molecule has 128 valence electrons. The number of aliphatic carboxylic acids is 1. The molecule has 25 heavy (non-hydrogen) atoms. The van der Waals surface area contributed by atoms with Crippen LogP contribution in [0.25, 0.3) is 10.9 Å². The van der Waals surface area contributed by atoms with Gasteiger partial charge in [-0.3, -0.25) is 4.79 Å². The molecule has 0 saturated heterocycles. The molecule has 0 spiro atoms. The summed E-state index contributed by atoms with van der Waals surface area (Å²) >= 11 is 11.8. The minimum atomic E-state index is -0.920. The van der Waals surface area contributed by atoms with E-state index in [1.165, 1.54) is 0 Å². The van der Waals surface area contributed by atoms with Gasteiger partial charge >= 0.3 is 5.97 Å². The normalized spacial score (nSPS) is 12.2. The highest BCUT2D eigenvalue weighted by molar-refractivity contribution is 6.31. The molecular weight excluding hydrogens is 363 g/mol. The molecule has 0 aliphatic rings. The van der Waals surface area contributed by atoms with Gasteiger partial charge in [0, 0.05) is 22.4 Å². The van der Waals surface area contributed by atoms with Crippen LogP contribution in [-0.4, -0.2) is 26.2 Å². The van der Waals surface area contributed by atoms with E-state index in [-0.39, 0.29) is 24.6 Å². The minimum absolute atomic E-state index is 0.0790. The Hall–Kier alpha value is -2.37. The molecule has 5 nitrogen and oxygen atoms in total. The zero-order valence-corrected chi connectivity index (χ0v) is 14.5. The van der Waals surface area contributed by atoms with Crippen molar-refractivity contribution in [1.82, 2.24) is 9.97 Å². The third kappa shape index (κ3) is 4.18. The lowest BCUT2D eigenvalue weighted by molar-refractivity contribution is -0.137. The fourth-order valence-corrected chi connectivity index (χ4v) is 2.99. The van der Waals surface area contributed by atoms with E-state index in [4.69, 9.17) is 23.2 Å². The molecule has 0 amide bonds. The molecule has 7 heteroatoms. The van der Waals surface area contributed by atoms with Crippen molar-refractivity contribution in [3.8, 4) is 5.88 Å². The van der Waals surface area contributed by atoms with Gasteiger partial charge in [0.05, 0.1) is 17.3 Å². The predicted molar refractivity (Wildman–Crippen MR) is 96.4 cm³/mol. The van der Waals surface area contributed by atoms with Gasteiger partial charge in [0.2, 0.25) is 5.88 Å². The van der Waals surface area contributed by atoms with Gasteiger partial charge < -0.3 is 10.2 Å². The number of nitrogens with zero attached hydrogens (tertiary/aromatic N) is 2. The second kappa shape index (κ2) is 7.25. The molecule has 1 heterocycles. The lowest BCUT2D eigenvalue weighted by Gasteiger charge is -2.15. The summed E-state index contributed by atoms with van der Waals surface area (Å²) in [6.45, 7) is 0. The number of hydrogen-bond acceptors (Lipinski definition) is 4. The van der Waals surface area contributed by atoms with Gasteiger partial charge in [-0.15, -0.1) is 0 Å². The lowest BCUT2D eigenvalue weighted by Crippen LogP contribution is -2.11. The SMILES string of the molecule is O=C(O)CC(Cc1nc(O)c2cc(Cl)ccc2n1)c1ccc(Cl)cc1. The van der Waals surface area contributed by atoms with Crippen molar-refractivity contribution in [1.29, 1.82) is 0 Å². The van der Waals surface area contributed by atoms with E-state index in [0.29, 0.717) is 26.8 Å². The molecule has 1 atom stereocenters. The summed E-state index contributed by atoms with van der Waals surface area (Å²) in [5.41, 5.74) is 1.38. The summed E-state index contributed by atoms with van der Waals surface area (Å²) in [5, 5.41) is 20.8. The van der Waals surface area contributed by atoms with Crippen molar-refractivity contribution in [2.45, 2.75) is 18.8 Å². The Bertz CT molecular complexity index is 930. The Morgan fingerprint density at radius 3 is 2.40 bits per heavy atom. The maximum Gasteiger partial charge on any atom is 0.303 e. The molecule has 3 rings (SSSR count). The number of halogens is 2. The van der Waals surface area contributed by atoms with E-state index in [9.17, 15) is 15.0 Å². The Labute approximate surface area is 153 Å². The standard InChI is InChI=1S/C18H14Cl2N2O3/c19-12-3-1-10(2-4-12)11(8-17(23)24)7-16-21-15-6-5-13(20)9-14(15)18(25)22-16/h1-6,9,11H,7-8H2,(H,23,24)(H,21,22,25). The van der Waals surface area contributed by atoms with Gasteiger partial charge in [0.1, 0.15) is 5.82 Å². The van der Waals surface area contributed by atoms with E-state index in [1.54, 1.807) is 42.5 Å². The molecule has 1 aromatic heterocycles. The van der Waals surface area contributed by atoms with Gasteiger partial charge in [-0.2, -0.15) is 4.98 Å². The maximum atomic E-state index is 11.2. The molecule has 2 N–H and O–H groups in total. The topological polar surface area (TPSA) is 83.3 Å². The molecular formula is C18H14Cl2N2O3. The number of carbonyl (C=O) groups is 1. The zero-order valence-electron chi connectivity index (χ0n) is 13.0. The Morgan fingerprint density at radius 1 is 1.04 bits per heavy atom. The van der Waals surface area contributed by atoms with Crippen LogP contribution in [-0.2, 0) is 11.2 Å². The fraction of sp³-hybridized carbons (Fsp3) is 0.167. The van der Waals surface area contributed by atoms with Gasteiger partial charge in [0.15, 0.2) is 0 Å². The summed E-state index contributed by atoms with van der Waals surface area (Å²) in [6, 6.07) is 12.0. The van der Waals surface area contributed by atoms with Gasteiger partial charge in [-0.1, -0.05) is 35.3 Å². The van der Waals surface area contributed by atoms with E-state index in [1.807, 2.05) is 0 Å². The maximum absolute atomic E-state index is 11.2. The highest BCUT2D eigenvalue weighted by Gasteiger charge is 2.19. The van der Waals surface area contributed by atoms with Crippen LogP contribution in [0.2, 0.25) is 10.0 Å². The molecule has 0 aliphatic carbocycles. The van der Waals surface area contributed by atoms with Crippen LogP contribution in [0.15, 0.2) is 42.5 Å². The van der Waals surface area contributed by atoms with E-state index in [2.05, 4.69) is 9.97 Å². The second-order valence-corrected chi connectivity index (χ2v) is 6.55. The first-order chi connectivity index (χ1) is 11.9. The van der Waals surface area contributed by atoms with E-state index < -0.39 is 5.97 Å². The van der Waals surface area contributed by atoms with Crippen LogP contribution >= 0.6 is 23.2 Å². The van der Waals surface area contributed by atoms with Gasteiger partial charge in [0.25, 0.3) is 0 Å². The van der Waals surface area contributed by atoms with Crippen molar-refractivity contribution in [3.05, 3.63) is 63.9 Å². The lowest BCUT2D eigenvalue weighted by atomic mass is 9.92. The summed E-state index contributed by atoms with van der Waals surface area (Å²) < 4.78 is 0. The van der Waals surface area contributed by atoms with Gasteiger partial charge in [-0.05, 0) is 35.9 Å². The summed E-state index contributed by atoms with van der Waals surface area (Å²) in [4.78, 5) is 19.7. The Kier molecular flexibility index (Phi) is 5.06. The number of hydrogen-bond donors (Lipinski definition) is 2. The molecule has 1 unspecified atom stereocenters. The first-order valence-electron chi connectivity index (χ1n) is 7.55. The predicted octanol–water partition coefficient (Wildman–Crippen LogP) is 4.44. The third-order valence-electron chi connectivity index (χ3n) is 3.88. The van der Waals surface area contributed by atoms with Crippen molar-refractivity contribution >= 4 is 40.1 Å². The molecule has 0 saturated carbocycles. The number of fused-ring (bicyclic) bond motifs is 1. The number of aromatic nitrogens is 2. The first kappa shape index (κ1) is 17.5. The molecule has 0 bridgehead atoms. The van der Waals surface area contributed by atoms with Crippen molar-refractivity contribution in [2.24, 2.45) is 0 Å². The number of carboxylic acids is 1. The highest BCUT2D eigenvalue weighted by atomic mass is 35.5. The summed E-state index contributed by atoms with van der Waals surface area (Å²) in [5.74, 6) is -1.06. The van der Waals surface area contributed by atoms with Crippen LogP contribution in [0.4, 0.5) is 0 Å². The highest BCUT2D eigenvalue weighted by Crippen LogP contribution is 2.28. The van der Waals surface area contributed by atoms with Crippen molar-refractivity contribution in [2.75, 3.05) is 0 Å². The average molecular weight is 377 g/mol. The summed E-state index contributed by atoms with van der Waals surface area (Å²) in [7, 11) is 0. The Balaban J connectivity index is 1.96. The first-order valence-corrected chi connectivity index (χ1v) is 8.30. The van der Waals surface area contributed by atoms with Crippen LogP contribution in [0.3, 0.4) is 0 Å². The second-order valence-electron chi connectivity index (χ2n) is 5.68. The average Bonchev–Trinajstić information content (AvgIpc) is 2.55. The largest absolute Gasteiger partial charge is 0.493 e. The smallest absolute Gasteiger partial charge is 0.303 e. The van der Waals surface area contributed by atoms with Crippen molar-refractivity contribution < 1.29 is 15.0 Å².